The van der Waals surface area contributed by atoms with E-state index in [2.05, 4.69) is 49.5 Å². The van der Waals surface area contributed by atoms with Gasteiger partial charge in [0, 0.05) is 44.9 Å². The minimum atomic E-state index is -0.605. The zero-order chi connectivity index (χ0) is 53.0. The van der Waals surface area contributed by atoms with E-state index in [1.807, 2.05) is 0 Å². The Bertz CT molecular complexity index is 2590. The third-order valence-electron chi connectivity index (χ3n) is 16.0. The van der Waals surface area contributed by atoms with Crippen LogP contribution in [0.3, 0.4) is 0 Å². The second-order valence-electron chi connectivity index (χ2n) is 21.5. The van der Waals surface area contributed by atoms with Crippen LogP contribution in [0, 0.1) is 47.6 Å². The van der Waals surface area contributed by atoms with Gasteiger partial charge in [0.05, 0.1) is 40.1 Å². The van der Waals surface area contributed by atoms with Gasteiger partial charge in [0.1, 0.15) is 17.0 Å². The SMILES string of the molecule is [C-]#[N+]c1sc2c3c4c(c5c(C#N)c(C#N)sc5c5c4c(c2c1[N+]#[C-])C(=O)N(CC(CCCCCCCC)CCCCCCCCCC)C5=O)C(=O)N(CC(CCCCCCCC)CCCCCCCCCC)C3=O. The number of carbonyl (C=O) groups is 4. The van der Waals surface area contributed by atoms with Crippen LogP contribution in [0.5, 0.6) is 0 Å². The fraction of sp³-hybridized carbons (Fsp3) is 0.645. The monoisotopic (exact) mass is 1040 g/mol. The minimum Gasteiger partial charge on any atom is -0.274 e. The number of benzene rings is 2. The molecule has 2 atom stereocenters. The van der Waals surface area contributed by atoms with E-state index in [4.69, 9.17) is 13.1 Å². The van der Waals surface area contributed by atoms with Crippen LogP contribution in [0.1, 0.15) is 285 Å². The molecule has 2 aromatic carbocycles. The van der Waals surface area contributed by atoms with Gasteiger partial charge in [-0.15, -0.1) is 11.3 Å². The Labute approximate surface area is 450 Å². The van der Waals surface area contributed by atoms with Gasteiger partial charge in [-0.25, -0.2) is 9.69 Å². The second kappa shape index (κ2) is 29.8. The summed E-state index contributed by atoms with van der Waals surface area (Å²) >= 11 is 1.95. The Morgan fingerprint density at radius 2 is 0.770 bits per heavy atom. The molecule has 12 heteroatoms. The highest BCUT2D eigenvalue weighted by Crippen LogP contribution is 2.56. The summed E-state index contributed by atoms with van der Waals surface area (Å²) in [6.45, 7) is 25.8. The van der Waals surface area contributed by atoms with E-state index >= 15 is 19.2 Å². The third kappa shape index (κ3) is 13.4. The van der Waals surface area contributed by atoms with Crippen molar-refractivity contribution in [3.05, 3.63) is 55.5 Å². The standard InChI is InChI=1S/C62H82N6O4S2/c1-7-11-15-19-23-25-29-33-37-43(35-31-27-21-17-13-9-3)41-67-59(69)50-47-45(39-63)46(40-64)73-56(47)53-49-48(50)54(62(67)72)57-52(55(65-5)58(66-6)74-57)51(49)60(70)68(61(53)71)42-44(36-32-28-22-18-14-10-4)38-34-30-26-24-20-16-12-8-2/h43-44H,7-38,41-42H2,1-4H3. The average Bonchev–Trinajstić information content (AvgIpc) is 3.98. The first-order valence-electron chi connectivity index (χ1n) is 29.0. The zero-order valence-corrected chi connectivity index (χ0v) is 47.0. The maximum atomic E-state index is 15.5. The lowest BCUT2D eigenvalue weighted by molar-refractivity contribution is 0.0560. The Kier molecular flexibility index (Phi) is 23.4. The largest absolute Gasteiger partial charge is 0.274 e. The molecule has 2 aliphatic heterocycles. The topological polar surface area (TPSA) is 131 Å². The van der Waals surface area contributed by atoms with Crippen molar-refractivity contribution >= 4 is 87.9 Å². The molecule has 4 heterocycles. The smallest absolute Gasteiger partial charge is 0.262 e. The molecule has 0 bridgehead atoms. The molecule has 0 radical (unpaired) electrons. The maximum Gasteiger partial charge on any atom is 0.262 e. The molecule has 6 rings (SSSR count). The number of rotatable bonds is 36. The van der Waals surface area contributed by atoms with Gasteiger partial charge in [0.25, 0.3) is 23.6 Å². The van der Waals surface area contributed by atoms with E-state index in [-0.39, 0.29) is 99.3 Å². The highest BCUT2D eigenvalue weighted by Gasteiger charge is 2.46. The van der Waals surface area contributed by atoms with Crippen molar-refractivity contribution in [2.24, 2.45) is 11.8 Å². The van der Waals surface area contributed by atoms with Crippen molar-refractivity contribution in [3.63, 3.8) is 0 Å². The molecule has 74 heavy (non-hydrogen) atoms. The van der Waals surface area contributed by atoms with Crippen molar-refractivity contribution in [1.29, 1.82) is 10.5 Å². The lowest BCUT2D eigenvalue weighted by atomic mass is 9.81. The highest BCUT2D eigenvalue weighted by molar-refractivity contribution is 7.24. The number of carbonyl (C=O) groups excluding carboxylic acids is 4. The third-order valence-corrected chi connectivity index (χ3v) is 18.2. The number of unbranched alkanes of at least 4 members (excludes halogenated alkanes) is 24. The molecule has 2 aromatic heterocycles. The molecule has 4 amide bonds. The van der Waals surface area contributed by atoms with Crippen LogP contribution in [-0.4, -0.2) is 46.5 Å². The van der Waals surface area contributed by atoms with Gasteiger partial charge in [-0.3, -0.25) is 29.0 Å². The number of thiophene rings is 2. The van der Waals surface area contributed by atoms with Gasteiger partial charge in [0.2, 0.25) is 10.7 Å². The van der Waals surface area contributed by atoms with E-state index in [9.17, 15) is 10.5 Å². The van der Waals surface area contributed by atoms with Crippen molar-refractivity contribution in [2.75, 3.05) is 13.1 Å². The summed E-state index contributed by atoms with van der Waals surface area (Å²) in [5.74, 6) is -2.35. The number of hydrogen-bond acceptors (Lipinski definition) is 8. The summed E-state index contributed by atoms with van der Waals surface area (Å²) in [6, 6.07) is 4.39. The number of imide groups is 2. The second-order valence-corrected chi connectivity index (χ2v) is 23.5. The lowest BCUT2D eigenvalue weighted by Gasteiger charge is -2.35. The molecule has 0 saturated carbocycles. The Hall–Kier alpha value is -5.14. The van der Waals surface area contributed by atoms with Gasteiger partial charge in [-0.2, -0.15) is 21.9 Å². The van der Waals surface area contributed by atoms with Crippen LogP contribution in [-0.2, 0) is 0 Å². The summed E-state index contributed by atoms with van der Waals surface area (Å²) < 4.78 is 0.536. The molecule has 2 aliphatic rings. The molecular weight excluding hydrogens is 957 g/mol. The Morgan fingerprint density at radius 1 is 0.432 bits per heavy atom. The summed E-state index contributed by atoms with van der Waals surface area (Å²) in [5, 5.41) is 22.0. The quantitative estimate of drug-likeness (QED) is 0.0253. The summed E-state index contributed by atoms with van der Waals surface area (Å²) in [4.78, 5) is 72.4. The van der Waals surface area contributed by atoms with Crippen LogP contribution >= 0.6 is 22.7 Å². The number of amides is 4. The maximum absolute atomic E-state index is 15.5. The van der Waals surface area contributed by atoms with E-state index in [0.717, 1.165) is 138 Å². The Morgan fingerprint density at radius 3 is 1.11 bits per heavy atom. The molecular formula is C62H82N6O4S2. The molecule has 0 fully saturated rings. The predicted molar refractivity (Wildman–Crippen MR) is 305 cm³/mol. The van der Waals surface area contributed by atoms with Gasteiger partial charge in [-0.05, 0) is 37.5 Å². The summed E-state index contributed by atoms with van der Waals surface area (Å²) in [5.41, 5.74) is 0.197. The molecule has 0 aliphatic carbocycles. The van der Waals surface area contributed by atoms with Crippen LogP contribution in [0.4, 0.5) is 10.7 Å². The zero-order valence-electron chi connectivity index (χ0n) is 45.3. The first-order valence-corrected chi connectivity index (χ1v) is 30.7. The van der Waals surface area contributed by atoms with Crippen LogP contribution in [0.2, 0.25) is 0 Å². The number of nitriles is 2. The lowest BCUT2D eigenvalue weighted by Crippen LogP contribution is -2.46. The van der Waals surface area contributed by atoms with E-state index in [1.54, 1.807) is 0 Å². The summed E-state index contributed by atoms with van der Waals surface area (Å²) in [7, 11) is 0. The van der Waals surface area contributed by atoms with Crippen LogP contribution < -0.4 is 0 Å². The Balaban J connectivity index is 1.46. The number of fused-ring (bicyclic) bond motifs is 6. The van der Waals surface area contributed by atoms with E-state index in [0.29, 0.717) is 0 Å². The van der Waals surface area contributed by atoms with Crippen molar-refractivity contribution in [1.82, 2.24) is 9.80 Å². The van der Waals surface area contributed by atoms with Crippen molar-refractivity contribution < 1.29 is 19.2 Å². The van der Waals surface area contributed by atoms with Gasteiger partial charge in [0.15, 0.2) is 0 Å². The van der Waals surface area contributed by atoms with Crippen molar-refractivity contribution in [2.45, 2.75) is 233 Å². The van der Waals surface area contributed by atoms with Gasteiger partial charge in [-0.1, -0.05) is 207 Å². The molecule has 2 unspecified atom stereocenters. The molecule has 396 valence electrons. The number of hydrogen-bond donors (Lipinski definition) is 0. The van der Waals surface area contributed by atoms with Gasteiger partial charge >= 0.3 is 0 Å². The molecule has 4 aromatic rings. The van der Waals surface area contributed by atoms with E-state index < -0.39 is 23.6 Å². The van der Waals surface area contributed by atoms with Crippen LogP contribution in [0.15, 0.2) is 0 Å². The van der Waals surface area contributed by atoms with Crippen molar-refractivity contribution in [3.8, 4) is 12.1 Å². The highest BCUT2D eigenvalue weighted by atomic mass is 32.1. The molecule has 0 saturated heterocycles. The first-order chi connectivity index (χ1) is 36.2. The fourth-order valence-corrected chi connectivity index (χ4v) is 14.1. The predicted octanol–water partition coefficient (Wildman–Crippen LogP) is 19.1. The molecule has 10 nitrogen and oxygen atoms in total. The fourth-order valence-electron chi connectivity index (χ4n) is 11.9. The molecule has 0 spiro atoms. The summed E-state index contributed by atoms with van der Waals surface area (Å²) in [6.07, 6.45) is 35.4. The normalized spacial score (nSPS) is 14.1. The molecule has 0 N–H and O–H groups in total. The van der Waals surface area contributed by atoms with Crippen LogP contribution in [0.25, 0.3) is 40.6 Å². The minimum absolute atomic E-state index is 0.00920. The average molecular weight is 1040 g/mol. The first kappa shape index (κ1) is 58.1. The number of nitrogens with zero attached hydrogens (tertiary/aromatic N) is 6. The van der Waals surface area contributed by atoms with E-state index in [1.165, 1.54) is 99.7 Å². The van der Waals surface area contributed by atoms with Gasteiger partial charge < -0.3 is 0 Å².